The van der Waals surface area contributed by atoms with Gasteiger partial charge in [-0.3, -0.25) is 0 Å². The molecule has 2 N–H and O–H groups in total. The third-order valence-electron chi connectivity index (χ3n) is 3.61. The highest BCUT2D eigenvalue weighted by Gasteiger charge is 2.37. The van der Waals surface area contributed by atoms with Crippen LogP contribution in [0.15, 0.2) is 12.1 Å². The Hall–Kier alpha value is -1.36. The average Bonchev–Trinajstić information content (AvgIpc) is 2.90. The van der Waals surface area contributed by atoms with Crippen molar-refractivity contribution in [2.75, 3.05) is 6.79 Å². The summed E-state index contributed by atoms with van der Waals surface area (Å²) in [5, 5.41) is 0. The Labute approximate surface area is 104 Å². The Morgan fingerprint density at radius 2 is 2.06 bits per heavy atom. The predicted molar refractivity (Wildman–Crippen MR) is 62.0 cm³/mol. The van der Waals surface area contributed by atoms with Crippen LogP contribution < -0.4 is 15.2 Å². The molecule has 0 bridgehead atoms. The van der Waals surface area contributed by atoms with Gasteiger partial charge >= 0.3 is 0 Å². The minimum Gasteiger partial charge on any atom is -0.454 e. The van der Waals surface area contributed by atoms with Crippen molar-refractivity contribution in [2.45, 2.75) is 37.6 Å². The molecule has 98 valence electrons. The zero-order chi connectivity index (χ0) is 12.8. The first-order valence-electron chi connectivity index (χ1n) is 6.07. The monoisotopic (exact) mass is 255 g/mol. The Balaban J connectivity index is 1.86. The van der Waals surface area contributed by atoms with Crippen molar-refractivity contribution in [3.05, 3.63) is 23.3 Å². The van der Waals surface area contributed by atoms with Crippen molar-refractivity contribution in [3.63, 3.8) is 0 Å². The van der Waals surface area contributed by atoms with Gasteiger partial charge in [0.25, 0.3) is 6.43 Å². The fraction of sp³-hybridized carbons (Fsp3) is 0.538. The lowest BCUT2D eigenvalue weighted by Gasteiger charge is -2.12. The van der Waals surface area contributed by atoms with Crippen molar-refractivity contribution >= 4 is 0 Å². The highest BCUT2D eigenvalue weighted by Crippen LogP contribution is 2.42. The van der Waals surface area contributed by atoms with Crippen molar-refractivity contribution in [3.8, 4) is 11.5 Å². The molecule has 1 aromatic rings. The summed E-state index contributed by atoms with van der Waals surface area (Å²) >= 11 is 0. The molecule has 0 radical (unpaired) electrons. The van der Waals surface area contributed by atoms with Crippen LogP contribution in [0.4, 0.5) is 8.78 Å². The van der Waals surface area contributed by atoms with Gasteiger partial charge in [-0.25, -0.2) is 8.78 Å². The van der Waals surface area contributed by atoms with E-state index in [2.05, 4.69) is 0 Å². The first-order valence-corrected chi connectivity index (χ1v) is 6.07. The van der Waals surface area contributed by atoms with Crippen LogP contribution in [0.3, 0.4) is 0 Å². The maximum absolute atomic E-state index is 12.8. The second-order valence-corrected chi connectivity index (χ2v) is 5.08. The van der Waals surface area contributed by atoms with Gasteiger partial charge in [0.2, 0.25) is 6.79 Å². The molecule has 1 fully saturated rings. The number of aryl methyl sites for hydroxylation is 1. The van der Waals surface area contributed by atoms with E-state index in [4.69, 9.17) is 15.2 Å². The van der Waals surface area contributed by atoms with Crippen molar-refractivity contribution in [2.24, 2.45) is 5.73 Å². The molecule has 3 rings (SSSR count). The van der Waals surface area contributed by atoms with Crippen molar-refractivity contribution in [1.29, 1.82) is 0 Å². The number of ether oxygens (including phenoxy) is 2. The van der Waals surface area contributed by atoms with Gasteiger partial charge in [0, 0.05) is 11.1 Å². The van der Waals surface area contributed by atoms with E-state index >= 15 is 0 Å². The second-order valence-electron chi connectivity index (χ2n) is 5.08. The molecule has 0 atom stereocenters. The van der Waals surface area contributed by atoms with E-state index in [0.29, 0.717) is 17.9 Å². The molecule has 2 aliphatic rings. The van der Waals surface area contributed by atoms with Crippen LogP contribution in [0.1, 0.15) is 36.8 Å². The van der Waals surface area contributed by atoms with Crippen LogP contribution in [0.5, 0.6) is 11.5 Å². The van der Waals surface area contributed by atoms with E-state index in [1.807, 2.05) is 0 Å². The van der Waals surface area contributed by atoms with E-state index in [1.54, 1.807) is 0 Å². The van der Waals surface area contributed by atoms with E-state index in [9.17, 15) is 8.78 Å². The van der Waals surface area contributed by atoms with E-state index < -0.39 is 6.43 Å². The quantitative estimate of drug-likeness (QED) is 0.899. The maximum Gasteiger partial charge on any atom is 0.263 e. The fourth-order valence-electron chi connectivity index (χ4n) is 2.21. The van der Waals surface area contributed by atoms with Gasteiger partial charge in [0.15, 0.2) is 11.5 Å². The fourth-order valence-corrected chi connectivity index (χ4v) is 2.21. The van der Waals surface area contributed by atoms with Crippen molar-refractivity contribution < 1.29 is 18.3 Å². The first kappa shape index (κ1) is 11.7. The zero-order valence-corrected chi connectivity index (χ0v) is 9.92. The summed E-state index contributed by atoms with van der Waals surface area (Å²) in [6, 6.07) is 2.86. The van der Waals surface area contributed by atoms with Gasteiger partial charge in [-0.2, -0.15) is 0 Å². The molecule has 1 heterocycles. The topological polar surface area (TPSA) is 44.5 Å². The van der Waals surface area contributed by atoms with Crippen LogP contribution in [-0.2, 0) is 6.42 Å². The minimum atomic E-state index is -2.49. The molecule has 0 amide bonds. The van der Waals surface area contributed by atoms with Crippen LogP contribution in [0, 0.1) is 0 Å². The highest BCUT2D eigenvalue weighted by atomic mass is 19.3. The van der Waals surface area contributed by atoms with Gasteiger partial charge < -0.3 is 15.2 Å². The van der Waals surface area contributed by atoms with Crippen LogP contribution in [0.2, 0.25) is 0 Å². The molecule has 1 saturated carbocycles. The van der Waals surface area contributed by atoms with E-state index in [0.717, 1.165) is 24.8 Å². The molecule has 0 unspecified atom stereocenters. The SMILES string of the molecule is NC1(CCc2cc(C(F)F)cc3c2OCO3)CC1. The van der Waals surface area contributed by atoms with Crippen LogP contribution in [-0.4, -0.2) is 12.3 Å². The number of hydrogen-bond acceptors (Lipinski definition) is 3. The minimum absolute atomic E-state index is 0.0175. The van der Waals surface area contributed by atoms with Gasteiger partial charge in [-0.05, 0) is 43.4 Å². The molecular formula is C13H15F2NO2. The first-order chi connectivity index (χ1) is 8.57. The molecule has 0 spiro atoms. The van der Waals surface area contributed by atoms with Gasteiger partial charge in [0.05, 0.1) is 0 Å². The number of alkyl halides is 2. The Bertz CT molecular complexity index is 472. The number of fused-ring (bicyclic) bond motifs is 1. The average molecular weight is 255 g/mol. The standard InChI is InChI=1S/C13H15F2NO2/c14-12(15)9-5-8(1-2-13(16)3-4-13)11-10(6-9)17-7-18-11/h5-6,12H,1-4,7,16H2. The predicted octanol–water partition coefficient (Wildman–Crippen LogP) is 2.78. The van der Waals surface area contributed by atoms with E-state index in [1.165, 1.54) is 12.1 Å². The van der Waals surface area contributed by atoms with Gasteiger partial charge in [0.1, 0.15) is 0 Å². The maximum atomic E-state index is 12.8. The molecular weight excluding hydrogens is 240 g/mol. The Morgan fingerprint density at radius 1 is 1.28 bits per heavy atom. The summed E-state index contributed by atoms with van der Waals surface area (Å²) < 4.78 is 36.1. The molecule has 1 aliphatic heterocycles. The highest BCUT2D eigenvalue weighted by molar-refractivity contribution is 5.51. The molecule has 5 heteroatoms. The van der Waals surface area contributed by atoms with Gasteiger partial charge in [-0.15, -0.1) is 0 Å². The molecule has 0 saturated heterocycles. The summed E-state index contributed by atoms with van der Waals surface area (Å²) in [4.78, 5) is 0. The van der Waals surface area contributed by atoms with Crippen LogP contribution in [0.25, 0.3) is 0 Å². The molecule has 3 nitrogen and oxygen atoms in total. The summed E-state index contributed by atoms with van der Waals surface area (Å²) in [6.07, 6.45) is 0.992. The smallest absolute Gasteiger partial charge is 0.263 e. The normalized spacial score (nSPS) is 19.3. The number of halogens is 2. The summed E-state index contributed by atoms with van der Waals surface area (Å²) in [7, 11) is 0. The lowest BCUT2D eigenvalue weighted by atomic mass is 10.0. The second kappa shape index (κ2) is 4.09. The number of rotatable bonds is 4. The third-order valence-corrected chi connectivity index (χ3v) is 3.61. The summed E-state index contributed by atoms with van der Waals surface area (Å²) in [5.41, 5.74) is 6.68. The zero-order valence-electron chi connectivity index (χ0n) is 9.92. The largest absolute Gasteiger partial charge is 0.454 e. The Morgan fingerprint density at radius 3 is 2.72 bits per heavy atom. The van der Waals surface area contributed by atoms with Gasteiger partial charge in [-0.1, -0.05) is 0 Å². The number of benzene rings is 1. The summed E-state index contributed by atoms with van der Waals surface area (Å²) in [6.45, 7) is 0.1000. The molecule has 1 aromatic carbocycles. The lowest BCUT2D eigenvalue weighted by Crippen LogP contribution is -2.22. The Kier molecular flexibility index (Phi) is 2.66. The summed E-state index contributed by atoms with van der Waals surface area (Å²) in [5.74, 6) is 1.02. The van der Waals surface area contributed by atoms with Crippen molar-refractivity contribution in [1.82, 2.24) is 0 Å². The number of hydrogen-bond donors (Lipinski definition) is 1. The third kappa shape index (κ3) is 2.14. The molecule has 0 aromatic heterocycles. The molecule has 18 heavy (non-hydrogen) atoms. The number of nitrogens with two attached hydrogens (primary N) is 1. The van der Waals surface area contributed by atoms with Crippen LogP contribution >= 0.6 is 0 Å². The lowest BCUT2D eigenvalue weighted by molar-refractivity contribution is 0.150. The molecule has 1 aliphatic carbocycles. The van der Waals surface area contributed by atoms with E-state index in [-0.39, 0.29) is 17.9 Å².